The number of fused-ring (bicyclic) bond motifs is 13. The number of hydrogen-bond acceptors (Lipinski definition) is 3. The number of benzene rings is 11. The average Bonchev–Trinajstić information content (AvgIpc) is 4.05. The summed E-state index contributed by atoms with van der Waals surface area (Å²) in [6.45, 7) is 4.69. The van der Waals surface area contributed by atoms with Gasteiger partial charge in [0.2, 0.25) is 0 Å². The Morgan fingerprint density at radius 3 is 1.50 bits per heavy atom. The molecule has 14 rings (SSSR count). The van der Waals surface area contributed by atoms with Gasteiger partial charge in [0, 0.05) is 60.4 Å². The smallest absolute Gasteiger partial charge is 0.143 e. The molecule has 0 saturated heterocycles. The molecule has 0 bridgehead atoms. The normalized spacial score (nSPS) is 13.0. The highest BCUT2D eigenvalue weighted by atomic mass is 16.3. The lowest BCUT2D eigenvalue weighted by atomic mass is 9.82. The molecule has 2 aromatic heterocycles. The molecule has 0 unspecified atom stereocenters. The second kappa shape index (κ2) is 14.7. The fourth-order valence-electron chi connectivity index (χ4n) is 11.3. The molecule has 2 heterocycles. The summed E-state index contributed by atoms with van der Waals surface area (Å²) in [5.74, 6) is 0. The van der Waals surface area contributed by atoms with E-state index in [2.05, 4.69) is 243 Å². The van der Waals surface area contributed by atoms with Crippen LogP contribution >= 0.6 is 0 Å². The van der Waals surface area contributed by atoms with Crippen LogP contribution in [-0.2, 0) is 5.41 Å². The summed E-state index contributed by atoms with van der Waals surface area (Å²) in [6.07, 6.45) is 0. The van der Waals surface area contributed by atoms with E-state index in [-0.39, 0.29) is 5.41 Å². The van der Waals surface area contributed by atoms with E-state index in [1.165, 1.54) is 44.2 Å². The summed E-state index contributed by atoms with van der Waals surface area (Å²) in [4.78, 5) is 2.36. The lowest BCUT2D eigenvalue weighted by Crippen LogP contribution is -2.14. The van der Waals surface area contributed by atoms with Crippen molar-refractivity contribution >= 4 is 82.5 Å². The Labute approximate surface area is 393 Å². The largest absolute Gasteiger partial charge is 0.455 e. The maximum Gasteiger partial charge on any atom is 0.143 e. The molecule has 13 aromatic rings. The van der Waals surface area contributed by atoms with Crippen LogP contribution in [0.15, 0.2) is 233 Å². The predicted molar refractivity (Wildman–Crippen MR) is 285 cm³/mol. The van der Waals surface area contributed by atoms with Gasteiger partial charge >= 0.3 is 0 Å². The van der Waals surface area contributed by atoms with Crippen molar-refractivity contribution in [3.05, 3.63) is 236 Å². The Balaban J connectivity index is 0.864. The average molecular weight is 870 g/mol. The summed E-state index contributed by atoms with van der Waals surface area (Å²) in [5.41, 5.74) is 19.2. The van der Waals surface area contributed by atoms with Gasteiger partial charge in [0.1, 0.15) is 22.3 Å². The second-order valence-corrected chi connectivity index (χ2v) is 18.8. The van der Waals surface area contributed by atoms with Crippen LogP contribution in [0.1, 0.15) is 25.0 Å². The van der Waals surface area contributed by atoms with Crippen molar-refractivity contribution in [1.29, 1.82) is 0 Å². The molecule has 1 aliphatic rings. The highest BCUT2D eigenvalue weighted by Crippen LogP contribution is 2.52. The zero-order chi connectivity index (χ0) is 45.1. The van der Waals surface area contributed by atoms with Gasteiger partial charge in [0.05, 0.1) is 0 Å². The van der Waals surface area contributed by atoms with E-state index in [1.807, 2.05) is 0 Å². The summed E-state index contributed by atoms with van der Waals surface area (Å²) in [5, 5.41) is 9.13. The Hall–Kier alpha value is -8.66. The van der Waals surface area contributed by atoms with Crippen molar-refractivity contribution < 1.29 is 8.83 Å². The highest BCUT2D eigenvalue weighted by Gasteiger charge is 2.36. The first kappa shape index (κ1) is 38.6. The van der Waals surface area contributed by atoms with E-state index in [9.17, 15) is 0 Å². The molecule has 0 fully saturated rings. The van der Waals surface area contributed by atoms with Crippen LogP contribution in [0.2, 0.25) is 0 Å². The zero-order valence-corrected chi connectivity index (χ0v) is 37.6. The van der Waals surface area contributed by atoms with Crippen LogP contribution in [0.5, 0.6) is 0 Å². The summed E-state index contributed by atoms with van der Waals surface area (Å²) in [7, 11) is 0. The molecule has 0 atom stereocenters. The topological polar surface area (TPSA) is 29.5 Å². The summed E-state index contributed by atoms with van der Waals surface area (Å²) in [6, 6.07) is 81.3. The van der Waals surface area contributed by atoms with E-state index in [4.69, 9.17) is 8.83 Å². The van der Waals surface area contributed by atoms with Crippen LogP contribution in [0.25, 0.3) is 110 Å². The molecule has 0 radical (unpaired) electrons. The number of anilines is 3. The van der Waals surface area contributed by atoms with Crippen molar-refractivity contribution in [2.45, 2.75) is 19.3 Å². The lowest BCUT2D eigenvalue weighted by Gasteiger charge is -2.26. The van der Waals surface area contributed by atoms with E-state index in [1.54, 1.807) is 0 Å². The summed E-state index contributed by atoms with van der Waals surface area (Å²) < 4.78 is 13.2. The molecule has 0 saturated carbocycles. The van der Waals surface area contributed by atoms with Gasteiger partial charge in [-0.3, -0.25) is 0 Å². The lowest BCUT2D eigenvalue weighted by molar-refractivity contribution is 0.660. The minimum absolute atomic E-state index is 0.0612. The predicted octanol–water partition coefficient (Wildman–Crippen LogP) is 18.6. The van der Waals surface area contributed by atoms with Crippen LogP contribution in [-0.4, -0.2) is 0 Å². The minimum atomic E-state index is -0.0612. The molecule has 320 valence electrons. The molecular formula is C65H43NO2. The van der Waals surface area contributed by atoms with Gasteiger partial charge in [-0.25, -0.2) is 0 Å². The number of hydrogen-bond donors (Lipinski definition) is 0. The van der Waals surface area contributed by atoms with Gasteiger partial charge < -0.3 is 13.7 Å². The van der Waals surface area contributed by atoms with E-state index >= 15 is 0 Å². The van der Waals surface area contributed by atoms with Gasteiger partial charge in [-0.2, -0.15) is 0 Å². The fraction of sp³-hybridized carbons (Fsp3) is 0.0462. The van der Waals surface area contributed by atoms with Crippen LogP contribution < -0.4 is 4.90 Å². The molecule has 11 aromatic carbocycles. The quantitative estimate of drug-likeness (QED) is 0.167. The Morgan fingerprint density at radius 2 is 0.809 bits per heavy atom. The SMILES string of the molecule is CC1(C)c2ccccc2-c2c(-c3ccc(N(c4ccc(-c5ccc6oc7c8ccccc8ccc7c6c5)cc4)c4ccc(-c5cccc6c5oc5c7ccccc7ccc65)cc4)cc3)cccc21. The van der Waals surface area contributed by atoms with Gasteiger partial charge in [-0.15, -0.1) is 0 Å². The molecular weight excluding hydrogens is 827 g/mol. The maximum atomic E-state index is 6.76. The van der Waals surface area contributed by atoms with Crippen LogP contribution in [0.4, 0.5) is 17.1 Å². The zero-order valence-electron chi connectivity index (χ0n) is 37.6. The Kier molecular flexibility index (Phi) is 8.33. The molecule has 68 heavy (non-hydrogen) atoms. The first-order chi connectivity index (χ1) is 33.5. The fourth-order valence-corrected chi connectivity index (χ4v) is 11.3. The van der Waals surface area contributed by atoms with Crippen LogP contribution in [0, 0.1) is 0 Å². The maximum absolute atomic E-state index is 6.76. The van der Waals surface area contributed by atoms with Gasteiger partial charge in [-0.1, -0.05) is 178 Å². The van der Waals surface area contributed by atoms with Gasteiger partial charge in [0.15, 0.2) is 0 Å². The highest BCUT2D eigenvalue weighted by molar-refractivity contribution is 6.18. The van der Waals surface area contributed by atoms with Crippen molar-refractivity contribution in [2.24, 2.45) is 0 Å². The van der Waals surface area contributed by atoms with Crippen molar-refractivity contribution in [2.75, 3.05) is 4.90 Å². The number of rotatable bonds is 6. The number of para-hydroxylation sites is 1. The molecule has 0 aliphatic heterocycles. The van der Waals surface area contributed by atoms with Crippen LogP contribution in [0.3, 0.4) is 0 Å². The second-order valence-electron chi connectivity index (χ2n) is 18.8. The number of furan rings is 2. The van der Waals surface area contributed by atoms with Gasteiger partial charge in [0.25, 0.3) is 0 Å². The molecule has 0 amide bonds. The first-order valence-corrected chi connectivity index (χ1v) is 23.5. The summed E-state index contributed by atoms with van der Waals surface area (Å²) >= 11 is 0. The Morgan fingerprint density at radius 1 is 0.324 bits per heavy atom. The van der Waals surface area contributed by atoms with Crippen molar-refractivity contribution in [1.82, 2.24) is 0 Å². The first-order valence-electron chi connectivity index (χ1n) is 23.5. The molecule has 0 spiro atoms. The van der Waals surface area contributed by atoms with E-state index in [0.29, 0.717) is 0 Å². The van der Waals surface area contributed by atoms with Crippen molar-refractivity contribution in [3.8, 4) is 44.5 Å². The third-order valence-electron chi connectivity index (χ3n) is 14.7. The Bertz CT molecular complexity index is 4150. The molecule has 3 nitrogen and oxygen atoms in total. The van der Waals surface area contributed by atoms with Crippen molar-refractivity contribution in [3.63, 3.8) is 0 Å². The standard InChI is InChI=1S/C65H43NO2/c1-65(2)58-19-8-7-15-56(58)61-49(16-10-20-59(61)65)43-23-32-47(33-24-43)66(46-30-21-40(22-31-46)45-29-38-60-57(39-45)55-37-28-41-11-3-5-13-50(41)62(55)67-60)48-34-25-44(26-35-48)52-17-9-18-53-54-36-27-42-12-4-6-14-51(42)64(54)68-63(52)53/h3-39H,1-2H3. The molecule has 3 heteroatoms. The minimum Gasteiger partial charge on any atom is -0.455 e. The molecule has 0 N–H and O–H groups in total. The molecule has 1 aliphatic carbocycles. The third kappa shape index (κ3) is 5.79. The van der Waals surface area contributed by atoms with Gasteiger partial charge in [-0.05, 0) is 122 Å². The third-order valence-corrected chi connectivity index (χ3v) is 14.7. The number of nitrogens with zero attached hydrogens (tertiary/aromatic N) is 1. The van der Waals surface area contributed by atoms with E-state index < -0.39 is 0 Å². The monoisotopic (exact) mass is 869 g/mol. The van der Waals surface area contributed by atoms with E-state index in [0.717, 1.165) is 94.0 Å².